The number of rotatable bonds is 8. The van der Waals surface area contributed by atoms with Crippen LogP contribution in [0, 0.1) is 6.92 Å². The molecule has 0 unspecified atom stereocenters. The smallest absolute Gasteiger partial charge is 0.124 e. The standard InChI is InChI=1S/C15H19BrN2O2S/c1-11-18-9-14(21-11)10-20-13-3-4-15(16)12(7-13)8-17-5-6-19-2/h3-4,7,9,17H,5-6,8,10H2,1-2H3. The van der Waals surface area contributed by atoms with Crippen molar-refractivity contribution < 1.29 is 9.47 Å². The summed E-state index contributed by atoms with van der Waals surface area (Å²) in [5, 5.41) is 4.39. The Hall–Kier alpha value is -0.950. The topological polar surface area (TPSA) is 43.4 Å². The molecule has 2 aromatic rings. The van der Waals surface area contributed by atoms with E-state index >= 15 is 0 Å². The van der Waals surface area contributed by atoms with Crippen LogP contribution < -0.4 is 10.1 Å². The zero-order chi connectivity index (χ0) is 15.1. The molecule has 0 bridgehead atoms. The fraction of sp³-hybridized carbons (Fsp3) is 0.400. The molecular weight excluding hydrogens is 352 g/mol. The lowest BCUT2D eigenvalue weighted by Gasteiger charge is -2.10. The zero-order valence-electron chi connectivity index (χ0n) is 12.2. The first-order chi connectivity index (χ1) is 10.2. The van der Waals surface area contributed by atoms with Crippen molar-refractivity contribution >= 4 is 27.3 Å². The normalized spacial score (nSPS) is 10.8. The monoisotopic (exact) mass is 370 g/mol. The minimum atomic E-state index is 0.559. The third-order valence-corrected chi connectivity index (χ3v) is 4.53. The number of halogens is 1. The van der Waals surface area contributed by atoms with Gasteiger partial charge in [0.2, 0.25) is 0 Å². The lowest BCUT2D eigenvalue weighted by molar-refractivity contribution is 0.199. The summed E-state index contributed by atoms with van der Waals surface area (Å²) in [5.74, 6) is 0.868. The van der Waals surface area contributed by atoms with Gasteiger partial charge in [-0.15, -0.1) is 11.3 Å². The summed E-state index contributed by atoms with van der Waals surface area (Å²) >= 11 is 5.23. The van der Waals surface area contributed by atoms with Crippen LogP contribution >= 0.6 is 27.3 Å². The number of nitrogens with zero attached hydrogens (tertiary/aromatic N) is 1. The molecule has 2 rings (SSSR count). The van der Waals surface area contributed by atoms with Crippen LogP contribution in [0.25, 0.3) is 0 Å². The predicted molar refractivity (Wildman–Crippen MR) is 88.9 cm³/mol. The Bertz CT molecular complexity index is 575. The summed E-state index contributed by atoms with van der Waals surface area (Å²) in [6.45, 7) is 4.87. The van der Waals surface area contributed by atoms with Crippen LogP contribution in [0.2, 0.25) is 0 Å². The minimum absolute atomic E-state index is 0.559. The van der Waals surface area contributed by atoms with Crippen molar-refractivity contribution in [1.29, 1.82) is 0 Å². The molecule has 0 aliphatic carbocycles. The molecule has 0 aliphatic rings. The van der Waals surface area contributed by atoms with E-state index in [1.807, 2.05) is 25.3 Å². The molecule has 1 aromatic heterocycles. The number of benzene rings is 1. The largest absolute Gasteiger partial charge is 0.488 e. The highest BCUT2D eigenvalue weighted by Crippen LogP contribution is 2.24. The van der Waals surface area contributed by atoms with E-state index in [4.69, 9.17) is 9.47 Å². The number of aromatic nitrogens is 1. The number of nitrogens with one attached hydrogen (secondary N) is 1. The molecule has 0 radical (unpaired) electrons. The average molecular weight is 371 g/mol. The van der Waals surface area contributed by atoms with E-state index in [1.165, 1.54) is 5.56 Å². The van der Waals surface area contributed by atoms with E-state index < -0.39 is 0 Å². The highest BCUT2D eigenvalue weighted by atomic mass is 79.9. The van der Waals surface area contributed by atoms with Crippen molar-refractivity contribution in [2.45, 2.75) is 20.1 Å². The highest BCUT2D eigenvalue weighted by Gasteiger charge is 2.04. The van der Waals surface area contributed by atoms with Crippen LogP contribution in [0.15, 0.2) is 28.9 Å². The number of hydrogen-bond acceptors (Lipinski definition) is 5. The van der Waals surface area contributed by atoms with Gasteiger partial charge in [-0.1, -0.05) is 15.9 Å². The second-order valence-corrected chi connectivity index (χ2v) is 6.73. The average Bonchev–Trinajstić information content (AvgIpc) is 2.89. The van der Waals surface area contributed by atoms with Crippen LogP contribution in [-0.4, -0.2) is 25.2 Å². The molecule has 0 fully saturated rings. The van der Waals surface area contributed by atoms with Gasteiger partial charge in [-0.25, -0.2) is 4.98 Å². The van der Waals surface area contributed by atoms with Crippen molar-refractivity contribution in [1.82, 2.24) is 10.3 Å². The third-order valence-electron chi connectivity index (χ3n) is 2.87. The second-order valence-electron chi connectivity index (χ2n) is 4.56. The molecule has 4 nitrogen and oxygen atoms in total. The van der Waals surface area contributed by atoms with E-state index in [1.54, 1.807) is 18.4 Å². The first-order valence-electron chi connectivity index (χ1n) is 6.71. The maximum Gasteiger partial charge on any atom is 0.124 e. The van der Waals surface area contributed by atoms with Crippen molar-refractivity contribution in [3.63, 3.8) is 0 Å². The molecule has 1 aromatic carbocycles. The van der Waals surface area contributed by atoms with Crippen molar-refractivity contribution in [2.75, 3.05) is 20.3 Å². The number of ether oxygens (including phenoxy) is 2. The van der Waals surface area contributed by atoms with E-state index in [0.717, 1.165) is 33.2 Å². The Morgan fingerprint density at radius 3 is 2.95 bits per heavy atom. The van der Waals surface area contributed by atoms with Crippen molar-refractivity contribution in [3.05, 3.63) is 44.3 Å². The number of aryl methyl sites for hydroxylation is 1. The van der Waals surface area contributed by atoms with E-state index in [-0.39, 0.29) is 0 Å². The Kier molecular flexibility index (Phi) is 6.63. The molecule has 114 valence electrons. The lowest BCUT2D eigenvalue weighted by atomic mass is 10.2. The number of thiazole rings is 1. The van der Waals surface area contributed by atoms with Gasteiger partial charge in [-0.2, -0.15) is 0 Å². The molecule has 0 saturated carbocycles. The summed E-state index contributed by atoms with van der Waals surface area (Å²) in [6.07, 6.45) is 1.87. The summed E-state index contributed by atoms with van der Waals surface area (Å²) in [4.78, 5) is 5.36. The van der Waals surface area contributed by atoms with Gasteiger partial charge in [0.15, 0.2) is 0 Å². The van der Waals surface area contributed by atoms with Gasteiger partial charge in [-0.05, 0) is 30.7 Å². The molecule has 0 aliphatic heterocycles. The fourth-order valence-corrected chi connectivity index (χ4v) is 2.90. The second kappa shape index (κ2) is 8.48. The molecule has 0 amide bonds. The number of hydrogen-bond donors (Lipinski definition) is 1. The molecule has 0 spiro atoms. The molecule has 6 heteroatoms. The van der Waals surface area contributed by atoms with Gasteiger partial charge >= 0.3 is 0 Å². The summed E-state index contributed by atoms with van der Waals surface area (Å²) in [5.41, 5.74) is 1.17. The van der Waals surface area contributed by atoms with E-state index in [2.05, 4.69) is 32.3 Å². The summed E-state index contributed by atoms with van der Waals surface area (Å²) < 4.78 is 11.9. The summed E-state index contributed by atoms with van der Waals surface area (Å²) in [6, 6.07) is 6.04. The SMILES string of the molecule is COCCNCc1cc(OCc2cnc(C)s2)ccc1Br. The first kappa shape index (κ1) is 16.4. The molecular formula is C15H19BrN2O2S. The van der Waals surface area contributed by atoms with Gasteiger partial charge in [0, 0.05) is 30.9 Å². The molecule has 1 N–H and O–H groups in total. The molecule has 21 heavy (non-hydrogen) atoms. The van der Waals surface area contributed by atoms with Crippen LogP contribution in [0.1, 0.15) is 15.4 Å². The maximum absolute atomic E-state index is 5.83. The Balaban J connectivity index is 1.91. The van der Waals surface area contributed by atoms with E-state index in [0.29, 0.717) is 13.2 Å². The summed E-state index contributed by atoms with van der Waals surface area (Å²) in [7, 11) is 1.70. The van der Waals surface area contributed by atoms with Gasteiger partial charge < -0.3 is 14.8 Å². The van der Waals surface area contributed by atoms with Crippen LogP contribution in [0.4, 0.5) is 0 Å². The van der Waals surface area contributed by atoms with E-state index in [9.17, 15) is 0 Å². The van der Waals surface area contributed by atoms with Crippen molar-refractivity contribution in [2.24, 2.45) is 0 Å². The van der Waals surface area contributed by atoms with Crippen LogP contribution in [0.5, 0.6) is 5.75 Å². The number of methoxy groups -OCH3 is 1. The predicted octanol–water partition coefficient (Wildman–Crippen LogP) is 3.53. The first-order valence-corrected chi connectivity index (χ1v) is 8.32. The molecule has 0 atom stereocenters. The van der Waals surface area contributed by atoms with Crippen LogP contribution in [-0.2, 0) is 17.9 Å². The Labute approximate surface area is 137 Å². The molecule has 1 heterocycles. The van der Waals surface area contributed by atoms with Crippen LogP contribution in [0.3, 0.4) is 0 Å². The van der Waals surface area contributed by atoms with Gasteiger partial charge in [0.1, 0.15) is 12.4 Å². The molecule has 0 saturated heterocycles. The van der Waals surface area contributed by atoms with Gasteiger partial charge in [-0.3, -0.25) is 0 Å². The fourth-order valence-electron chi connectivity index (χ4n) is 1.80. The van der Waals surface area contributed by atoms with Gasteiger partial charge in [0.25, 0.3) is 0 Å². The highest BCUT2D eigenvalue weighted by molar-refractivity contribution is 9.10. The Morgan fingerprint density at radius 2 is 2.24 bits per heavy atom. The lowest BCUT2D eigenvalue weighted by Crippen LogP contribution is -2.18. The third kappa shape index (κ3) is 5.39. The zero-order valence-corrected chi connectivity index (χ0v) is 14.6. The quantitative estimate of drug-likeness (QED) is 0.721. The van der Waals surface area contributed by atoms with Gasteiger partial charge in [0.05, 0.1) is 16.5 Å². The Morgan fingerprint density at radius 1 is 1.38 bits per heavy atom. The minimum Gasteiger partial charge on any atom is -0.488 e. The van der Waals surface area contributed by atoms with Crippen molar-refractivity contribution in [3.8, 4) is 5.75 Å². The maximum atomic E-state index is 5.83.